The van der Waals surface area contributed by atoms with Crippen LogP contribution in [0.5, 0.6) is 0 Å². The summed E-state index contributed by atoms with van der Waals surface area (Å²) in [6.07, 6.45) is 2.81. The number of carbonyl (C=O) groups excluding carboxylic acids is 1. The van der Waals surface area contributed by atoms with Gasteiger partial charge in [-0.2, -0.15) is 0 Å². The van der Waals surface area contributed by atoms with E-state index in [0.717, 1.165) is 12.8 Å². The Morgan fingerprint density at radius 1 is 1.55 bits per heavy atom. The maximum atomic E-state index is 11.1. The van der Waals surface area contributed by atoms with Crippen LogP contribution < -0.4 is 0 Å². The lowest BCUT2D eigenvalue weighted by atomic mass is 10.1. The predicted molar refractivity (Wildman–Crippen MR) is 41.8 cm³/mol. The van der Waals surface area contributed by atoms with Crippen LogP contribution in [0, 0.1) is 6.42 Å². The highest BCUT2D eigenvalue weighted by atomic mass is 16.3. The van der Waals surface area contributed by atoms with Crippen LogP contribution in [-0.2, 0) is 4.79 Å². The summed E-state index contributed by atoms with van der Waals surface area (Å²) in [7, 11) is 0. The number of aliphatic hydroxyl groups excluding tert-OH is 1. The van der Waals surface area contributed by atoms with Gasteiger partial charge in [-0.15, -0.1) is 0 Å². The van der Waals surface area contributed by atoms with E-state index in [-0.39, 0.29) is 12.0 Å². The summed E-state index contributed by atoms with van der Waals surface area (Å²) in [6.45, 7) is 3.14. The van der Waals surface area contributed by atoms with Gasteiger partial charge in [-0.1, -0.05) is 6.92 Å². The van der Waals surface area contributed by atoms with Crippen LogP contribution in [0.3, 0.4) is 0 Å². The summed E-state index contributed by atoms with van der Waals surface area (Å²) in [4.78, 5) is 12.8. The van der Waals surface area contributed by atoms with Gasteiger partial charge in [-0.3, -0.25) is 4.79 Å². The molecule has 0 saturated carbocycles. The Kier molecular flexibility index (Phi) is 2.88. The zero-order valence-corrected chi connectivity index (χ0v) is 6.79. The Morgan fingerprint density at radius 2 is 2.09 bits per heavy atom. The first-order valence-corrected chi connectivity index (χ1v) is 4.00. The number of likely N-dealkylation sites (tertiary alicyclic amines) is 1. The van der Waals surface area contributed by atoms with E-state index in [1.807, 2.05) is 0 Å². The lowest BCUT2D eigenvalue weighted by Crippen LogP contribution is -2.39. The van der Waals surface area contributed by atoms with Gasteiger partial charge in [0.25, 0.3) is 0 Å². The third kappa shape index (κ3) is 2.19. The van der Waals surface area contributed by atoms with Crippen molar-refractivity contribution in [1.29, 1.82) is 0 Å². The minimum absolute atomic E-state index is 0.0805. The van der Waals surface area contributed by atoms with Gasteiger partial charge in [-0.05, 0) is 12.8 Å². The van der Waals surface area contributed by atoms with Crippen LogP contribution >= 0.6 is 0 Å². The van der Waals surface area contributed by atoms with Crippen LogP contribution in [0.25, 0.3) is 0 Å². The second kappa shape index (κ2) is 3.72. The maximum Gasteiger partial charge on any atom is 0.226 e. The smallest absolute Gasteiger partial charge is 0.226 e. The molecule has 0 atom stereocenters. The van der Waals surface area contributed by atoms with E-state index in [1.54, 1.807) is 18.2 Å². The minimum atomic E-state index is -0.198. The molecule has 0 aliphatic carbocycles. The Labute approximate surface area is 67.0 Å². The molecule has 1 saturated heterocycles. The molecular weight excluding hydrogens is 142 g/mol. The summed E-state index contributed by atoms with van der Waals surface area (Å²) < 4.78 is 0. The lowest BCUT2D eigenvalue weighted by Gasteiger charge is -2.29. The molecule has 0 aromatic carbocycles. The minimum Gasteiger partial charge on any atom is -0.393 e. The normalized spacial score (nSPS) is 20.4. The number of hydrogen-bond acceptors (Lipinski definition) is 2. The Morgan fingerprint density at radius 3 is 2.55 bits per heavy atom. The fraction of sp³-hybridized carbons (Fsp3) is 0.750. The number of amides is 1. The monoisotopic (exact) mass is 156 g/mol. The van der Waals surface area contributed by atoms with Crippen molar-refractivity contribution in [1.82, 2.24) is 4.90 Å². The van der Waals surface area contributed by atoms with Gasteiger partial charge in [0.15, 0.2) is 0 Å². The molecule has 3 nitrogen and oxygen atoms in total. The van der Waals surface area contributed by atoms with Crippen molar-refractivity contribution in [3.8, 4) is 0 Å². The second-order valence-electron chi connectivity index (χ2n) is 2.85. The number of rotatable bonds is 1. The molecule has 0 spiro atoms. The molecule has 1 radical (unpaired) electrons. The summed E-state index contributed by atoms with van der Waals surface area (Å²) in [5, 5.41) is 9.13. The summed E-state index contributed by atoms with van der Waals surface area (Å²) in [6, 6.07) is 0. The van der Waals surface area contributed by atoms with E-state index in [1.165, 1.54) is 0 Å². The fourth-order valence-electron chi connectivity index (χ4n) is 1.27. The van der Waals surface area contributed by atoms with Gasteiger partial charge in [0, 0.05) is 19.5 Å². The average Bonchev–Trinajstić information content (AvgIpc) is 2.05. The fourth-order valence-corrected chi connectivity index (χ4v) is 1.27. The summed E-state index contributed by atoms with van der Waals surface area (Å²) >= 11 is 0. The number of hydrogen-bond donors (Lipinski definition) is 1. The van der Waals surface area contributed by atoms with Crippen molar-refractivity contribution < 1.29 is 9.90 Å². The first-order chi connectivity index (χ1) is 5.24. The van der Waals surface area contributed by atoms with E-state index in [9.17, 15) is 4.79 Å². The number of aliphatic hydroxyl groups is 1. The molecule has 1 N–H and O–H groups in total. The first kappa shape index (κ1) is 8.53. The molecule has 0 aromatic heterocycles. The quantitative estimate of drug-likeness (QED) is 0.589. The molecule has 0 aromatic rings. The number of piperidine rings is 1. The van der Waals surface area contributed by atoms with Crippen molar-refractivity contribution in [2.75, 3.05) is 13.1 Å². The topological polar surface area (TPSA) is 40.5 Å². The molecule has 11 heavy (non-hydrogen) atoms. The van der Waals surface area contributed by atoms with E-state index in [0.29, 0.717) is 13.1 Å². The number of nitrogens with zero attached hydrogens (tertiary/aromatic N) is 1. The SMILES string of the molecule is C[CH]C(=O)N1CCC(O)CC1. The first-order valence-electron chi connectivity index (χ1n) is 4.00. The molecule has 0 bridgehead atoms. The van der Waals surface area contributed by atoms with Crippen LogP contribution in [0.1, 0.15) is 19.8 Å². The standard InChI is InChI=1S/C8H14NO2/c1-2-8(11)9-5-3-7(10)4-6-9/h2,7,10H,3-6H2,1H3. The lowest BCUT2D eigenvalue weighted by molar-refractivity contribution is -0.129. The van der Waals surface area contributed by atoms with Crippen LogP contribution in [0.4, 0.5) is 0 Å². The number of carbonyl (C=O) groups is 1. The maximum absolute atomic E-state index is 11.1. The van der Waals surface area contributed by atoms with Gasteiger partial charge in [0.2, 0.25) is 5.91 Å². The van der Waals surface area contributed by atoms with E-state index >= 15 is 0 Å². The molecule has 1 fully saturated rings. The van der Waals surface area contributed by atoms with Gasteiger partial charge in [0.1, 0.15) is 0 Å². The summed E-state index contributed by atoms with van der Waals surface area (Å²) in [5.41, 5.74) is 0. The molecule has 1 aliphatic rings. The third-order valence-electron chi connectivity index (χ3n) is 2.02. The molecule has 3 heteroatoms. The van der Waals surface area contributed by atoms with Gasteiger partial charge in [-0.25, -0.2) is 0 Å². The van der Waals surface area contributed by atoms with Crippen molar-refractivity contribution in [2.45, 2.75) is 25.9 Å². The predicted octanol–water partition coefficient (Wildman–Crippen LogP) is 0.194. The van der Waals surface area contributed by atoms with E-state index in [2.05, 4.69) is 0 Å². The highest BCUT2D eigenvalue weighted by molar-refractivity contribution is 5.84. The molecule has 1 amide bonds. The van der Waals surface area contributed by atoms with Crippen molar-refractivity contribution in [3.63, 3.8) is 0 Å². The zero-order chi connectivity index (χ0) is 8.27. The van der Waals surface area contributed by atoms with Crippen LogP contribution in [0.2, 0.25) is 0 Å². The molecule has 1 heterocycles. The molecule has 1 rings (SSSR count). The highest BCUT2D eigenvalue weighted by Gasteiger charge is 2.19. The van der Waals surface area contributed by atoms with Crippen molar-refractivity contribution in [3.05, 3.63) is 6.42 Å². The largest absolute Gasteiger partial charge is 0.393 e. The molecular formula is C8H14NO2. The Bertz CT molecular complexity index is 139. The van der Waals surface area contributed by atoms with Gasteiger partial charge >= 0.3 is 0 Å². The van der Waals surface area contributed by atoms with Crippen molar-refractivity contribution in [2.24, 2.45) is 0 Å². The third-order valence-corrected chi connectivity index (χ3v) is 2.02. The van der Waals surface area contributed by atoms with Crippen LogP contribution in [-0.4, -0.2) is 35.1 Å². The molecule has 0 unspecified atom stereocenters. The molecule has 63 valence electrons. The van der Waals surface area contributed by atoms with Gasteiger partial charge in [0.05, 0.1) is 6.10 Å². The van der Waals surface area contributed by atoms with Gasteiger partial charge < -0.3 is 10.0 Å². The highest BCUT2D eigenvalue weighted by Crippen LogP contribution is 2.10. The van der Waals surface area contributed by atoms with E-state index < -0.39 is 0 Å². The molecule has 1 aliphatic heterocycles. The Balaban J connectivity index is 2.33. The van der Waals surface area contributed by atoms with Crippen LogP contribution in [0.15, 0.2) is 0 Å². The summed E-state index contributed by atoms with van der Waals surface area (Å²) in [5.74, 6) is 0.0805. The zero-order valence-electron chi connectivity index (χ0n) is 6.79. The van der Waals surface area contributed by atoms with Crippen molar-refractivity contribution >= 4 is 5.91 Å². The Hall–Kier alpha value is -0.570. The average molecular weight is 156 g/mol. The second-order valence-corrected chi connectivity index (χ2v) is 2.85. The van der Waals surface area contributed by atoms with E-state index in [4.69, 9.17) is 5.11 Å².